The van der Waals surface area contributed by atoms with Gasteiger partial charge in [-0.2, -0.15) is 0 Å². The van der Waals surface area contributed by atoms with E-state index in [1.54, 1.807) is 37.8 Å². The zero-order chi connectivity index (χ0) is 19.3. The fourth-order valence-corrected chi connectivity index (χ4v) is 3.21. The van der Waals surface area contributed by atoms with E-state index in [1.807, 2.05) is 17.0 Å². The first-order valence-corrected chi connectivity index (χ1v) is 9.13. The lowest BCUT2D eigenvalue weighted by molar-refractivity contribution is -0.134. The summed E-state index contributed by atoms with van der Waals surface area (Å²) >= 11 is 0. The van der Waals surface area contributed by atoms with Crippen LogP contribution in [0.2, 0.25) is 0 Å². The molecule has 0 aliphatic carbocycles. The maximum atomic E-state index is 12.4. The quantitative estimate of drug-likeness (QED) is 0.646. The molecule has 0 N–H and O–H groups in total. The van der Waals surface area contributed by atoms with Gasteiger partial charge in [0.05, 0.1) is 18.9 Å². The highest BCUT2D eigenvalue weighted by Crippen LogP contribution is 2.29. The van der Waals surface area contributed by atoms with Gasteiger partial charge in [0.15, 0.2) is 6.61 Å². The summed E-state index contributed by atoms with van der Waals surface area (Å²) in [6.07, 6.45) is 4.69. The zero-order valence-electron chi connectivity index (χ0n) is 15.5. The second-order valence-electron chi connectivity index (χ2n) is 6.58. The van der Waals surface area contributed by atoms with Crippen LogP contribution in [0.5, 0.6) is 11.5 Å². The summed E-state index contributed by atoms with van der Waals surface area (Å²) in [6.45, 7) is 1.27. The number of rotatable bonds is 6. The number of ether oxygens (including phenoxy) is 2. The SMILES string of the molecule is COc1cccc(OCC(=O)N2CCC(c3nnc(-c4ccoc4)o3)CC2)c1. The Hall–Kier alpha value is -3.29. The van der Waals surface area contributed by atoms with Gasteiger partial charge in [-0.1, -0.05) is 6.07 Å². The van der Waals surface area contributed by atoms with Crippen molar-refractivity contribution < 1.29 is 23.1 Å². The molecular formula is C20H21N3O5. The van der Waals surface area contributed by atoms with Crippen molar-refractivity contribution in [2.24, 2.45) is 0 Å². The van der Waals surface area contributed by atoms with E-state index < -0.39 is 0 Å². The van der Waals surface area contributed by atoms with Crippen LogP contribution in [0.15, 0.2) is 51.7 Å². The fourth-order valence-electron chi connectivity index (χ4n) is 3.21. The van der Waals surface area contributed by atoms with E-state index in [2.05, 4.69) is 10.2 Å². The van der Waals surface area contributed by atoms with Gasteiger partial charge in [-0.25, -0.2) is 0 Å². The van der Waals surface area contributed by atoms with Crippen molar-refractivity contribution in [3.8, 4) is 23.0 Å². The van der Waals surface area contributed by atoms with Crippen molar-refractivity contribution in [1.82, 2.24) is 15.1 Å². The van der Waals surface area contributed by atoms with Crippen LogP contribution in [0.3, 0.4) is 0 Å². The molecule has 0 atom stereocenters. The molecule has 1 saturated heterocycles. The first-order chi connectivity index (χ1) is 13.7. The smallest absolute Gasteiger partial charge is 0.260 e. The molecule has 8 nitrogen and oxygen atoms in total. The van der Waals surface area contributed by atoms with Gasteiger partial charge in [-0.15, -0.1) is 10.2 Å². The van der Waals surface area contributed by atoms with E-state index in [0.717, 1.165) is 18.4 Å². The highest BCUT2D eigenvalue weighted by molar-refractivity contribution is 5.77. The number of aromatic nitrogens is 2. The molecule has 8 heteroatoms. The minimum atomic E-state index is -0.0362. The summed E-state index contributed by atoms with van der Waals surface area (Å²) in [4.78, 5) is 14.2. The number of amides is 1. The van der Waals surface area contributed by atoms with Crippen molar-refractivity contribution in [2.75, 3.05) is 26.8 Å². The van der Waals surface area contributed by atoms with Crippen LogP contribution >= 0.6 is 0 Å². The van der Waals surface area contributed by atoms with E-state index >= 15 is 0 Å². The van der Waals surface area contributed by atoms with Crippen molar-refractivity contribution >= 4 is 5.91 Å². The number of piperidine rings is 1. The molecule has 0 radical (unpaired) electrons. The summed E-state index contributed by atoms with van der Waals surface area (Å²) in [6, 6.07) is 8.99. The van der Waals surface area contributed by atoms with Gasteiger partial charge in [-0.3, -0.25) is 4.79 Å². The lowest BCUT2D eigenvalue weighted by Crippen LogP contribution is -2.40. The predicted octanol–water partition coefficient (Wildman–Crippen LogP) is 3.12. The number of hydrogen-bond acceptors (Lipinski definition) is 7. The van der Waals surface area contributed by atoms with E-state index in [9.17, 15) is 4.79 Å². The number of likely N-dealkylation sites (tertiary alicyclic amines) is 1. The third-order valence-electron chi connectivity index (χ3n) is 4.81. The van der Waals surface area contributed by atoms with Crippen molar-refractivity contribution in [3.05, 3.63) is 48.7 Å². The number of carbonyl (C=O) groups is 1. The van der Waals surface area contributed by atoms with E-state index in [-0.39, 0.29) is 18.4 Å². The monoisotopic (exact) mass is 383 g/mol. The van der Waals surface area contributed by atoms with Gasteiger partial charge in [-0.05, 0) is 31.0 Å². The molecule has 1 amide bonds. The highest BCUT2D eigenvalue weighted by Gasteiger charge is 2.27. The van der Waals surface area contributed by atoms with Gasteiger partial charge < -0.3 is 23.2 Å². The van der Waals surface area contributed by atoms with Crippen LogP contribution in [0.1, 0.15) is 24.7 Å². The molecule has 0 unspecified atom stereocenters. The molecule has 3 heterocycles. The van der Waals surface area contributed by atoms with Crippen molar-refractivity contribution in [2.45, 2.75) is 18.8 Å². The summed E-state index contributed by atoms with van der Waals surface area (Å²) < 4.78 is 21.6. The summed E-state index contributed by atoms with van der Waals surface area (Å²) in [5.41, 5.74) is 0.765. The Morgan fingerprint density at radius 1 is 1.21 bits per heavy atom. The normalized spacial score (nSPS) is 14.8. The van der Waals surface area contributed by atoms with Gasteiger partial charge in [0.2, 0.25) is 5.89 Å². The molecule has 1 aliphatic heterocycles. The minimum absolute atomic E-state index is 0.00301. The summed E-state index contributed by atoms with van der Waals surface area (Å²) in [5, 5.41) is 8.24. The Morgan fingerprint density at radius 3 is 2.79 bits per heavy atom. The van der Waals surface area contributed by atoms with Gasteiger partial charge in [0.25, 0.3) is 11.8 Å². The van der Waals surface area contributed by atoms with Crippen molar-refractivity contribution in [3.63, 3.8) is 0 Å². The Morgan fingerprint density at radius 2 is 2.04 bits per heavy atom. The number of methoxy groups -OCH3 is 1. The third-order valence-corrected chi connectivity index (χ3v) is 4.81. The topological polar surface area (TPSA) is 90.8 Å². The number of benzene rings is 1. The van der Waals surface area contributed by atoms with E-state index in [4.69, 9.17) is 18.3 Å². The summed E-state index contributed by atoms with van der Waals surface area (Å²) in [5.74, 6) is 2.48. The average molecular weight is 383 g/mol. The van der Waals surface area contributed by atoms with Crippen LogP contribution in [-0.2, 0) is 4.79 Å². The Labute approximate surface area is 162 Å². The van der Waals surface area contributed by atoms with Crippen molar-refractivity contribution in [1.29, 1.82) is 0 Å². The summed E-state index contributed by atoms with van der Waals surface area (Å²) in [7, 11) is 1.59. The molecule has 0 saturated carbocycles. The van der Waals surface area contributed by atoms with Crippen LogP contribution in [0.4, 0.5) is 0 Å². The molecule has 0 spiro atoms. The highest BCUT2D eigenvalue weighted by atomic mass is 16.5. The fraction of sp³-hybridized carbons (Fsp3) is 0.350. The Bertz CT molecular complexity index is 914. The largest absolute Gasteiger partial charge is 0.497 e. The third kappa shape index (κ3) is 4.00. The first-order valence-electron chi connectivity index (χ1n) is 9.13. The van der Waals surface area contributed by atoms with Crippen LogP contribution in [0.25, 0.3) is 11.5 Å². The molecule has 3 aromatic rings. The second-order valence-corrected chi connectivity index (χ2v) is 6.58. The Kier molecular flexibility index (Phi) is 5.27. The molecule has 4 rings (SSSR count). The molecule has 0 bridgehead atoms. The van der Waals surface area contributed by atoms with Crippen LogP contribution in [-0.4, -0.2) is 47.8 Å². The first kappa shape index (κ1) is 18.1. The molecule has 146 valence electrons. The van der Waals surface area contributed by atoms with E-state index in [0.29, 0.717) is 36.4 Å². The molecule has 1 aromatic carbocycles. The lowest BCUT2D eigenvalue weighted by atomic mass is 9.97. The molecule has 28 heavy (non-hydrogen) atoms. The van der Waals surface area contributed by atoms with Crippen LogP contribution < -0.4 is 9.47 Å². The standard InChI is InChI=1S/C20H21N3O5/c1-25-16-3-2-4-17(11-16)27-13-18(24)23-8-5-14(6-9-23)19-21-22-20(28-19)15-7-10-26-12-15/h2-4,7,10-12,14H,5-6,8-9,13H2,1H3. The molecule has 1 aliphatic rings. The van der Waals surface area contributed by atoms with Gasteiger partial charge >= 0.3 is 0 Å². The molecular weight excluding hydrogens is 362 g/mol. The number of carbonyl (C=O) groups excluding carboxylic acids is 1. The van der Waals surface area contributed by atoms with Gasteiger partial charge in [0.1, 0.15) is 17.8 Å². The average Bonchev–Trinajstić information content (AvgIpc) is 3.44. The second kappa shape index (κ2) is 8.16. The number of nitrogens with zero attached hydrogens (tertiary/aromatic N) is 3. The number of hydrogen-bond donors (Lipinski definition) is 0. The van der Waals surface area contributed by atoms with Crippen LogP contribution in [0, 0.1) is 0 Å². The minimum Gasteiger partial charge on any atom is -0.497 e. The molecule has 1 fully saturated rings. The predicted molar refractivity (Wildman–Crippen MR) is 99.0 cm³/mol. The maximum absolute atomic E-state index is 12.4. The number of furan rings is 1. The van der Waals surface area contributed by atoms with Gasteiger partial charge in [0, 0.05) is 25.1 Å². The van der Waals surface area contributed by atoms with E-state index in [1.165, 1.54) is 0 Å². The maximum Gasteiger partial charge on any atom is 0.260 e. The lowest BCUT2D eigenvalue weighted by Gasteiger charge is -2.30. The zero-order valence-corrected chi connectivity index (χ0v) is 15.5. The molecule has 2 aromatic heterocycles. The Balaban J connectivity index is 1.28.